The maximum atomic E-state index is 12.3. The average Bonchev–Trinajstić information content (AvgIpc) is 3.16. The Morgan fingerprint density at radius 2 is 2.22 bits per heavy atom. The van der Waals surface area contributed by atoms with Gasteiger partial charge < -0.3 is 9.42 Å². The second-order valence-corrected chi connectivity index (χ2v) is 5.66. The van der Waals surface area contributed by atoms with Gasteiger partial charge >= 0.3 is 0 Å². The van der Waals surface area contributed by atoms with E-state index >= 15 is 0 Å². The summed E-state index contributed by atoms with van der Waals surface area (Å²) in [6, 6.07) is 2.01. The van der Waals surface area contributed by atoms with Gasteiger partial charge in [-0.3, -0.25) is 9.69 Å². The minimum absolute atomic E-state index is 0.0482. The van der Waals surface area contributed by atoms with Gasteiger partial charge in [-0.15, -0.1) is 5.10 Å². The van der Waals surface area contributed by atoms with Crippen molar-refractivity contribution in [1.29, 1.82) is 0 Å². The maximum absolute atomic E-state index is 12.3. The number of hydrogen-bond donors (Lipinski definition) is 0. The predicted molar refractivity (Wildman–Crippen MR) is 80.2 cm³/mol. The molecule has 124 valence electrons. The molecule has 1 aliphatic heterocycles. The van der Waals surface area contributed by atoms with E-state index in [0.29, 0.717) is 6.54 Å². The van der Waals surface area contributed by atoms with E-state index in [9.17, 15) is 4.79 Å². The molecule has 0 atom stereocenters. The first-order valence-corrected chi connectivity index (χ1v) is 7.90. The first-order valence-electron chi connectivity index (χ1n) is 7.90. The number of tetrazole rings is 1. The second kappa shape index (κ2) is 7.32. The van der Waals surface area contributed by atoms with Crippen LogP contribution in [0.5, 0.6) is 0 Å². The third-order valence-electron chi connectivity index (χ3n) is 3.98. The Morgan fingerprint density at radius 1 is 1.30 bits per heavy atom. The maximum Gasteiger partial charge on any atom is 0.244 e. The fraction of sp³-hybridized carbons (Fsp3) is 0.643. The minimum Gasteiger partial charge on any atom is -0.360 e. The molecular formula is C14H21N7O2. The molecule has 1 saturated heterocycles. The highest BCUT2D eigenvalue weighted by molar-refractivity contribution is 5.75. The van der Waals surface area contributed by atoms with Gasteiger partial charge in [-0.2, -0.15) is 0 Å². The number of carbonyl (C=O) groups excluding carboxylic acids is 1. The molecule has 1 aliphatic rings. The molecule has 1 fully saturated rings. The van der Waals surface area contributed by atoms with Crippen molar-refractivity contribution >= 4 is 5.91 Å². The Bertz CT molecular complexity index is 625. The molecule has 0 unspecified atom stereocenters. The van der Waals surface area contributed by atoms with Crippen LogP contribution in [0.3, 0.4) is 0 Å². The van der Waals surface area contributed by atoms with Crippen molar-refractivity contribution in [1.82, 2.24) is 35.2 Å². The smallest absolute Gasteiger partial charge is 0.244 e. The lowest BCUT2D eigenvalue weighted by Gasteiger charge is -2.21. The van der Waals surface area contributed by atoms with Crippen molar-refractivity contribution < 1.29 is 9.32 Å². The second-order valence-electron chi connectivity index (χ2n) is 5.66. The van der Waals surface area contributed by atoms with Crippen molar-refractivity contribution in [3.8, 4) is 0 Å². The summed E-state index contributed by atoms with van der Waals surface area (Å²) in [4.78, 5) is 16.5. The van der Waals surface area contributed by atoms with Gasteiger partial charge in [0.1, 0.15) is 12.9 Å². The SMILES string of the molecule is CCc1cc(CN2CCCN(C(=O)Cn3cnnn3)CC2)on1. The molecular weight excluding hydrogens is 298 g/mol. The Morgan fingerprint density at radius 3 is 2.96 bits per heavy atom. The minimum atomic E-state index is 0.0482. The molecule has 3 heterocycles. The molecule has 0 saturated carbocycles. The van der Waals surface area contributed by atoms with Gasteiger partial charge in [0.25, 0.3) is 0 Å². The number of aryl methyl sites for hydroxylation is 1. The summed E-state index contributed by atoms with van der Waals surface area (Å²) in [5.41, 5.74) is 0.980. The zero-order valence-corrected chi connectivity index (χ0v) is 13.3. The number of rotatable bonds is 5. The topological polar surface area (TPSA) is 93.2 Å². The predicted octanol–water partition coefficient (Wildman–Crippen LogP) is -0.0420. The van der Waals surface area contributed by atoms with Gasteiger partial charge in [-0.05, 0) is 23.3 Å². The standard InChI is InChI=1S/C14H21N7O2/c1-2-12-8-13(23-16-12)9-19-4-3-5-20(7-6-19)14(22)10-21-11-15-17-18-21/h8,11H,2-7,9-10H2,1H3. The first-order chi connectivity index (χ1) is 11.2. The molecule has 23 heavy (non-hydrogen) atoms. The highest BCUT2D eigenvalue weighted by atomic mass is 16.5. The molecule has 0 bridgehead atoms. The van der Waals surface area contributed by atoms with Crippen molar-refractivity contribution in [3.05, 3.63) is 23.8 Å². The molecule has 0 spiro atoms. The quantitative estimate of drug-likeness (QED) is 0.763. The molecule has 0 radical (unpaired) electrons. The fourth-order valence-electron chi connectivity index (χ4n) is 2.69. The van der Waals surface area contributed by atoms with Crippen molar-refractivity contribution in [2.24, 2.45) is 0 Å². The van der Waals surface area contributed by atoms with Crippen LogP contribution in [0.1, 0.15) is 24.8 Å². The van der Waals surface area contributed by atoms with Gasteiger partial charge in [-0.1, -0.05) is 12.1 Å². The molecule has 0 aliphatic carbocycles. The fourth-order valence-corrected chi connectivity index (χ4v) is 2.69. The lowest BCUT2D eigenvalue weighted by molar-refractivity contribution is -0.131. The highest BCUT2D eigenvalue weighted by Crippen LogP contribution is 2.11. The monoisotopic (exact) mass is 319 g/mol. The van der Waals surface area contributed by atoms with Crippen LogP contribution < -0.4 is 0 Å². The number of carbonyl (C=O) groups is 1. The lowest BCUT2D eigenvalue weighted by Crippen LogP contribution is -2.37. The van der Waals surface area contributed by atoms with Crippen LogP contribution in [0.4, 0.5) is 0 Å². The Hall–Kier alpha value is -2.29. The van der Waals surface area contributed by atoms with E-state index in [2.05, 4.69) is 32.5 Å². The van der Waals surface area contributed by atoms with E-state index in [1.807, 2.05) is 11.0 Å². The summed E-state index contributed by atoms with van der Waals surface area (Å²) in [6.45, 7) is 6.21. The van der Waals surface area contributed by atoms with Gasteiger partial charge in [0.05, 0.1) is 12.2 Å². The summed E-state index contributed by atoms with van der Waals surface area (Å²) in [5.74, 6) is 0.933. The Kier molecular flexibility index (Phi) is 4.96. The van der Waals surface area contributed by atoms with Crippen LogP contribution >= 0.6 is 0 Å². The van der Waals surface area contributed by atoms with E-state index in [4.69, 9.17) is 4.52 Å². The molecule has 9 nitrogen and oxygen atoms in total. The molecule has 2 aromatic heterocycles. The molecule has 0 N–H and O–H groups in total. The van der Waals surface area contributed by atoms with Crippen LogP contribution in [-0.2, 0) is 24.3 Å². The summed E-state index contributed by atoms with van der Waals surface area (Å²) in [7, 11) is 0. The molecule has 0 aromatic carbocycles. The van der Waals surface area contributed by atoms with Crippen molar-refractivity contribution in [3.63, 3.8) is 0 Å². The number of nitrogens with zero attached hydrogens (tertiary/aromatic N) is 7. The number of hydrogen-bond acceptors (Lipinski definition) is 7. The molecule has 2 aromatic rings. The van der Waals surface area contributed by atoms with E-state index < -0.39 is 0 Å². The Balaban J connectivity index is 1.51. The van der Waals surface area contributed by atoms with Crippen LogP contribution in [0.2, 0.25) is 0 Å². The first kappa shape index (κ1) is 15.6. The third-order valence-corrected chi connectivity index (χ3v) is 3.98. The van der Waals surface area contributed by atoms with E-state index in [1.54, 1.807) is 0 Å². The average molecular weight is 319 g/mol. The summed E-state index contributed by atoms with van der Waals surface area (Å²) < 4.78 is 6.80. The van der Waals surface area contributed by atoms with E-state index in [0.717, 1.165) is 50.5 Å². The normalized spacial score (nSPS) is 16.5. The Labute approximate surface area is 134 Å². The van der Waals surface area contributed by atoms with Crippen LogP contribution in [0.15, 0.2) is 16.9 Å². The number of aromatic nitrogens is 5. The summed E-state index contributed by atoms with van der Waals surface area (Å²) in [6.07, 6.45) is 3.27. The molecule has 3 rings (SSSR count). The van der Waals surface area contributed by atoms with Gasteiger partial charge in [0.2, 0.25) is 5.91 Å². The van der Waals surface area contributed by atoms with Crippen LogP contribution in [0.25, 0.3) is 0 Å². The number of amides is 1. The van der Waals surface area contributed by atoms with Gasteiger partial charge in [0.15, 0.2) is 5.76 Å². The zero-order valence-electron chi connectivity index (χ0n) is 13.3. The van der Waals surface area contributed by atoms with Crippen LogP contribution in [-0.4, -0.2) is 67.2 Å². The molecule has 1 amide bonds. The molecule has 9 heteroatoms. The third kappa shape index (κ3) is 4.13. The van der Waals surface area contributed by atoms with Gasteiger partial charge in [0, 0.05) is 32.2 Å². The highest BCUT2D eigenvalue weighted by Gasteiger charge is 2.20. The van der Waals surface area contributed by atoms with Crippen LogP contribution in [0, 0.1) is 0 Å². The van der Waals surface area contributed by atoms with Crippen molar-refractivity contribution in [2.45, 2.75) is 32.9 Å². The van der Waals surface area contributed by atoms with Crippen molar-refractivity contribution in [2.75, 3.05) is 26.2 Å². The lowest BCUT2D eigenvalue weighted by atomic mass is 10.3. The van der Waals surface area contributed by atoms with E-state index in [-0.39, 0.29) is 12.5 Å². The van der Waals surface area contributed by atoms with E-state index in [1.165, 1.54) is 11.0 Å². The largest absolute Gasteiger partial charge is 0.360 e. The van der Waals surface area contributed by atoms with Gasteiger partial charge in [-0.25, -0.2) is 4.68 Å². The summed E-state index contributed by atoms with van der Waals surface area (Å²) >= 11 is 0. The zero-order chi connectivity index (χ0) is 16.1. The summed E-state index contributed by atoms with van der Waals surface area (Å²) in [5, 5.41) is 14.8.